The average Bonchev–Trinajstić information content (AvgIpc) is 2.22. The Morgan fingerprint density at radius 2 is 1.88 bits per heavy atom. The molecule has 0 saturated heterocycles. The second kappa shape index (κ2) is 7.89. The molecule has 6 nitrogen and oxygen atoms in total. The van der Waals surface area contributed by atoms with Crippen molar-refractivity contribution in [2.75, 3.05) is 6.54 Å². The number of hydrogen-bond acceptors (Lipinski definition) is 3. The minimum atomic E-state index is -1.31. The van der Waals surface area contributed by atoms with Gasteiger partial charge in [-0.15, -0.1) is 0 Å². The first-order valence-corrected chi connectivity index (χ1v) is 5.83. The van der Waals surface area contributed by atoms with Gasteiger partial charge in [-0.3, -0.25) is 4.79 Å². The molecule has 6 heteroatoms. The number of nitrogens with one attached hydrogen (secondary N) is 2. The zero-order chi connectivity index (χ0) is 13.4. The van der Waals surface area contributed by atoms with Crippen molar-refractivity contribution < 1.29 is 19.8 Å². The lowest BCUT2D eigenvalue weighted by atomic mass is 10.1. The molecule has 0 aliphatic carbocycles. The Kier molecular flexibility index (Phi) is 7.29. The quantitative estimate of drug-likeness (QED) is 0.527. The molecule has 0 bridgehead atoms. The van der Waals surface area contributed by atoms with Crippen LogP contribution in [-0.2, 0) is 4.79 Å². The smallest absolute Gasteiger partial charge is 0.405 e. The van der Waals surface area contributed by atoms with E-state index in [-0.39, 0.29) is 5.92 Å². The number of hydrogen-bond donors (Lipinski definition) is 4. The number of carbonyl (C=O) groups is 2. The van der Waals surface area contributed by atoms with Crippen LogP contribution in [0.25, 0.3) is 0 Å². The van der Waals surface area contributed by atoms with Crippen molar-refractivity contribution in [2.24, 2.45) is 5.92 Å². The SMILES string of the molecule is CCC[C@H](O)[C@H](NC(=O)O)C(=O)NCC(C)C. The van der Waals surface area contributed by atoms with E-state index in [4.69, 9.17) is 5.11 Å². The second-order valence-electron chi connectivity index (χ2n) is 4.42. The third-order valence-electron chi connectivity index (χ3n) is 2.22. The highest BCUT2D eigenvalue weighted by molar-refractivity contribution is 5.85. The molecule has 0 saturated carbocycles. The molecule has 2 amide bonds. The van der Waals surface area contributed by atoms with Gasteiger partial charge in [-0.05, 0) is 12.3 Å². The van der Waals surface area contributed by atoms with Crippen LogP contribution in [0.3, 0.4) is 0 Å². The summed E-state index contributed by atoms with van der Waals surface area (Å²) in [7, 11) is 0. The maximum atomic E-state index is 11.7. The third-order valence-corrected chi connectivity index (χ3v) is 2.22. The number of aliphatic hydroxyl groups excluding tert-OH is 1. The molecule has 0 spiro atoms. The van der Waals surface area contributed by atoms with E-state index in [1.807, 2.05) is 26.1 Å². The number of carbonyl (C=O) groups excluding carboxylic acids is 1. The van der Waals surface area contributed by atoms with Gasteiger partial charge in [0.1, 0.15) is 6.04 Å². The van der Waals surface area contributed by atoms with E-state index in [1.165, 1.54) is 0 Å². The highest BCUT2D eigenvalue weighted by Gasteiger charge is 2.27. The van der Waals surface area contributed by atoms with E-state index in [1.54, 1.807) is 0 Å². The van der Waals surface area contributed by atoms with Crippen LogP contribution in [0.1, 0.15) is 33.6 Å². The predicted molar refractivity (Wildman–Crippen MR) is 63.7 cm³/mol. The summed E-state index contributed by atoms with van der Waals surface area (Å²) in [6.07, 6.45) is -1.26. The molecule has 17 heavy (non-hydrogen) atoms. The minimum Gasteiger partial charge on any atom is -0.465 e. The summed E-state index contributed by atoms with van der Waals surface area (Å²) in [6.45, 7) is 6.17. The van der Waals surface area contributed by atoms with Crippen molar-refractivity contribution in [1.29, 1.82) is 0 Å². The Labute approximate surface area is 101 Å². The van der Waals surface area contributed by atoms with Crippen LogP contribution in [0.5, 0.6) is 0 Å². The first kappa shape index (κ1) is 15.7. The van der Waals surface area contributed by atoms with Crippen LogP contribution in [0.4, 0.5) is 4.79 Å². The second-order valence-corrected chi connectivity index (χ2v) is 4.42. The first-order chi connectivity index (χ1) is 7.88. The molecule has 0 aromatic heterocycles. The van der Waals surface area contributed by atoms with Gasteiger partial charge in [-0.2, -0.15) is 0 Å². The molecule has 2 atom stereocenters. The maximum Gasteiger partial charge on any atom is 0.405 e. The average molecular weight is 246 g/mol. The lowest BCUT2D eigenvalue weighted by Gasteiger charge is -2.22. The van der Waals surface area contributed by atoms with E-state index < -0.39 is 24.1 Å². The first-order valence-electron chi connectivity index (χ1n) is 5.83. The Morgan fingerprint density at radius 3 is 2.29 bits per heavy atom. The lowest BCUT2D eigenvalue weighted by molar-refractivity contribution is -0.125. The third kappa shape index (κ3) is 6.78. The van der Waals surface area contributed by atoms with Crippen molar-refractivity contribution in [3.8, 4) is 0 Å². The Hall–Kier alpha value is -1.30. The topological polar surface area (TPSA) is 98.7 Å². The van der Waals surface area contributed by atoms with E-state index >= 15 is 0 Å². The van der Waals surface area contributed by atoms with Gasteiger partial charge in [0, 0.05) is 6.54 Å². The molecule has 0 aliphatic rings. The highest BCUT2D eigenvalue weighted by atomic mass is 16.4. The molecule has 100 valence electrons. The summed E-state index contributed by atoms with van der Waals surface area (Å²) in [6, 6.07) is -1.11. The lowest BCUT2D eigenvalue weighted by Crippen LogP contribution is -2.53. The van der Waals surface area contributed by atoms with Gasteiger partial charge in [0.2, 0.25) is 5.91 Å². The van der Waals surface area contributed by atoms with E-state index in [2.05, 4.69) is 5.32 Å². The number of amides is 2. The summed E-state index contributed by atoms with van der Waals surface area (Å²) in [5, 5.41) is 23.0. The zero-order valence-electron chi connectivity index (χ0n) is 10.6. The van der Waals surface area contributed by atoms with Crippen molar-refractivity contribution in [1.82, 2.24) is 10.6 Å². The van der Waals surface area contributed by atoms with Gasteiger partial charge in [-0.25, -0.2) is 4.79 Å². The van der Waals surface area contributed by atoms with E-state index in [9.17, 15) is 14.7 Å². The number of aliphatic hydroxyl groups is 1. The van der Waals surface area contributed by atoms with Gasteiger partial charge >= 0.3 is 6.09 Å². The summed E-state index contributed by atoms with van der Waals surface area (Å²) >= 11 is 0. The van der Waals surface area contributed by atoms with Crippen LogP contribution >= 0.6 is 0 Å². The molecule has 0 fully saturated rings. The van der Waals surface area contributed by atoms with Gasteiger partial charge in [0.15, 0.2) is 0 Å². The standard InChI is InChI=1S/C11H22N2O4/c1-4-5-8(14)9(13-11(16)17)10(15)12-6-7(2)3/h7-9,13-14H,4-6H2,1-3H3,(H,12,15)(H,16,17)/t8-,9-/m0/s1. The number of rotatable bonds is 7. The van der Waals surface area contributed by atoms with Crippen molar-refractivity contribution in [2.45, 2.75) is 45.8 Å². The fraction of sp³-hybridized carbons (Fsp3) is 0.818. The molecule has 0 heterocycles. The van der Waals surface area contributed by atoms with Crippen molar-refractivity contribution in [3.05, 3.63) is 0 Å². The Morgan fingerprint density at radius 1 is 1.29 bits per heavy atom. The van der Waals surface area contributed by atoms with Gasteiger partial charge < -0.3 is 20.8 Å². The van der Waals surface area contributed by atoms with Crippen LogP contribution in [0.15, 0.2) is 0 Å². The Balaban J connectivity index is 4.44. The summed E-state index contributed by atoms with van der Waals surface area (Å²) < 4.78 is 0. The highest BCUT2D eigenvalue weighted by Crippen LogP contribution is 2.03. The monoisotopic (exact) mass is 246 g/mol. The molecular formula is C11H22N2O4. The van der Waals surface area contributed by atoms with Gasteiger partial charge in [-0.1, -0.05) is 27.2 Å². The zero-order valence-corrected chi connectivity index (χ0v) is 10.6. The Bertz CT molecular complexity index is 256. The number of carboxylic acid groups (broad SMARTS) is 1. The largest absolute Gasteiger partial charge is 0.465 e. The maximum absolute atomic E-state index is 11.7. The van der Waals surface area contributed by atoms with Crippen molar-refractivity contribution in [3.63, 3.8) is 0 Å². The van der Waals surface area contributed by atoms with Gasteiger partial charge in [0.25, 0.3) is 0 Å². The van der Waals surface area contributed by atoms with Gasteiger partial charge in [0.05, 0.1) is 6.10 Å². The van der Waals surface area contributed by atoms with Crippen LogP contribution in [0.2, 0.25) is 0 Å². The fourth-order valence-electron chi connectivity index (χ4n) is 1.35. The summed E-state index contributed by atoms with van der Waals surface area (Å²) in [5.74, 6) is -0.213. The molecule has 4 N–H and O–H groups in total. The van der Waals surface area contributed by atoms with Crippen molar-refractivity contribution >= 4 is 12.0 Å². The molecule has 0 unspecified atom stereocenters. The molecule has 0 aliphatic heterocycles. The minimum absolute atomic E-state index is 0.271. The molecule has 0 aromatic rings. The normalized spacial score (nSPS) is 14.2. The van der Waals surface area contributed by atoms with Crippen LogP contribution in [-0.4, -0.2) is 40.9 Å². The van der Waals surface area contributed by atoms with Crippen LogP contribution in [0, 0.1) is 5.92 Å². The summed E-state index contributed by atoms with van der Waals surface area (Å²) in [4.78, 5) is 22.3. The molecular weight excluding hydrogens is 224 g/mol. The van der Waals surface area contributed by atoms with E-state index in [0.29, 0.717) is 19.4 Å². The fourth-order valence-corrected chi connectivity index (χ4v) is 1.35. The summed E-state index contributed by atoms with van der Waals surface area (Å²) in [5.41, 5.74) is 0. The predicted octanol–water partition coefficient (Wildman–Crippen LogP) is 0.556. The molecule has 0 aromatic carbocycles. The molecule has 0 rings (SSSR count). The molecule has 0 radical (unpaired) electrons. The van der Waals surface area contributed by atoms with E-state index in [0.717, 1.165) is 0 Å². The van der Waals surface area contributed by atoms with Crippen LogP contribution < -0.4 is 10.6 Å².